The summed E-state index contributed by atoms with van der Waals surface area (Å²) in [7, 11) is 0. The Morgan fingerprint density at radius 1 is 1.21 bits per heavy atom. The van der Waals surface area contributed by atoms with Gasteiger partial charge in [0.15, 0.2) is 6.17 Å². The van der Waals surface area contributed by atoms with Gasteiger partial charge in [-0.2, -0.15) is 0 Å². The fraction of sp³-hybridized carbons (Fsp3) is 0.211. The average molecular weight is 338 g/mol. The SMILES string of the molecule is Cc1cc(C2Nc3ccccc3C(=O)N2Cc2cccs2)oc1C. The largest absolute Gasteiger partial charge is 0.462 e. The summed E-state index contributed by atoms with van der Waals surface area (Å²) in [5, 5.41) is 5.49. The van der Waals surface area contributed by atoms with E-state index in [0.29, 0.717) is 12.1 Å². The zero-order valence-electron chi connectivity index (χ0n) is 13.6. The van der Waals surface area contributed by atoms with E-state index in [2.05, 4.69) is 5.32 Å². The van der Waals surface area contributed by atoms with E-state index in [1.807, 2.05) is 66.6 Å². The van der Waals surface area contributed by atoms with Crippen molar-refractivity contribution in [2.75, 3.05) is 5.32 Å². The molecule has 3 aromatic rings. The number of fused-ring (bicyclic) bond motifs is 1. The number of amides is 1. The number of anilines is 1. The minimum absolute atomic E-state index is 0.0226. The van der Waals surface area contributed by atoms with E-state index in [4.69, 9.17) is 4.42 Å². The molecule has 0 saturated heterocycles. The molecule has 0 fully saturated rings. The van der Waals surface area contributed by atoms with E-state index in [9.17, 15) is 4.79 Å². The summed E-state index contributed by atoms with van der Waals surface area (Å²) in [5.41, 5.74) is 2.64. The summed E-state index contributed by atoms with van der Waals surface area (Å²) in [4.78, 5) is 16.1. The van der Waals surface area contributed by atoms with Crippen LogP contribution in [0.1, 0.15) is 38.5 Å². The van der Waals surface area contributed by atoms with Gasteiger partial charge in [-0.05, 0) is 49.1 Å². The van der Waals surface area contributed by atoms with Crippen molar-refractivity contribution in [3.63, 3.8) is 0 Å². The van der Waals surface area contributed by atoms with Crippen LogP contribution in [0.2, 0.25) is 0 Å². The maximum absolute atomic E-state index is 13.1. The average Bonchev–Trinajstić information content (AvgIpc) is 3.20. The number of para-hydroxylation sites is 1. The molecule has 4 nitrogen and oxygen atoms in total. The van der Waals surface area contributed by atoms with Crippen molar-refractivity contribution in [1.29, 1.82) is 0 Å². The summed E-state index contributed by atoms with van der Waals surface area (Å²) < 4.78 is 5.91. The van der Waals surface area contributed by atoms with Crippen LogP contribution >= 0.6 is 11.3 Å². The second-order valence-corrected chi connectivity index (χ2v) is 7.03. The highest BCUT2D eigenvalue weighted by atomic mass is 32.1. The molecule has 0 spiro atoms. The maximum atomic E-state index is 13.1. The van der Waals surface area contributed by atoms with Crippen molar-refractivity contribution in [1.82, 2.24) is 4.90 Å². The van der Waals surface area contributed by atoms with Gasteiger partial charge in [-0.1, -0.05) is 18.2 Å². The number of rotatable bonds is 3. The van der Waals surface area contributed by atoms with Gasteiger partial charge in [-0.25, -0.2) is 0 Å². The molecule has 1 atom stereocenters. The van der Waals surface area contributed by atoms with Gasteiger partial charge >= 0.3 is 0 Å². The van der Waals surface area contributed by atoms with Gasteiger partial charge in [-0.15, -0.1) is 11.3 Å². The van der Waals surface area contributed by atoms with Gasteiger partial charge in [-0.3, -0.25) is 4.79 Å². The van der Waals surface area contributed by atoms with E-state index in [1.54, 1.807) is 11.3 Å². The molecule has 2 aromatic heterocycles. The third-order valence-electron chi connectivity index (χ3n) is 4.38. The minimum Gasteiger partial charge on any atom is -0.462 e. The first-order valence-electron chi connectivity index (χ1n) is 7.89. The highest BCUT2D eigenvalue weighted by Crippen LogP contribution is 2.35. The van der Waals surface area contributed by atoms with Crippen LogP contribution in [0, 0.1) is 13.8 Å². The first-order chi connectivity index (χ1) is 11.6. The second-order valence-electron chi connectivity index (χ2n) is 5.99. The van der Waals surface area contributed by atoms with Gasteiger partial charge in [0.1, 0.15) is 11.5 Å². The number of benzene rings is 1. The predicted octanol–water partition coefficient (Wildman–Crippen LogP) is 4.72. The number of aryl methyl sites for hydroxylation is 2. The van der Waals surface area contributed by atoms with Crippen molar-refractivity contribution in [2.24, 2.45) is 0 Å². The normalized spacial score (nSPS) is 16.8. The number of carbonyl (C=O) groups excluding carboxylic acids is 1. The summed E-state index contributed by atoms with van der Waals surface area (Å²) in [6.07, 6.45) is -0.304. The molecule has 1 unspecified atom stereocenters. The lowest BCUT2D eigenvalue weighted by Gasteiger charge is -2.36. The van der Waals surface area contributed by atoms with E-state index in [0.717, 1.165) is 27.6 Å². The third kappa shape index (κ3) is 2.51. The lowest BCUT2D eigenvalue weighted by Crippen LogP contribution is -2.42. The van der Waals surface area contributed by atoms with Crippen molar-refractivity contribution in [2.45, 2.75) is 26.6 Å². The number of thiophene rings is 1. The molecule has 122 valence electrons. The van der Waals surface area contributed by atoms with Crippen LogP contribution in [0.25, 0.3) is 0 Å². The Kier molecular flexibility index (Phi) is 3.65. The van der Waals surface area contributed by atoms with Crippen LogP contribution in [0.15, 0.2) is 52.3 Å². The summed E-state index contributed by atoms with van der Waals surface area (Å²) in [5.74, 6) is 1.67. The molecular weight excluding hydrogens is 320 g/mol. The fourth-order valence-corrected chi connectivity index (χ4v) is 3.69. The monoisotopic (exact) mass is 338 g/mol. The molecule has 1 N–H and O–H groups in total. The number of hydrogen-bond acceptors (Lipinski definition) is 4. The number of nitrogens with zero attached hydrogens (tertiary/aromatic N) is 1. The Balaban J connectivity index is 1.77. The Labute approximate surface area is 144 Å². The Bertz CT molecular complexity index is 863. The molecule has 1 aromatic carbocycles. The summed E-state index contributed by atoms with van der Waals surface area (Å²) in [6.45, 7) is 4.52. The van der Waals surface area contributed by atoms with Gasteiger partial charge in [0, 0.05) is 10.6 Å². The molecule has 1 aliphatic rings. The summed E-state index contributed by atoms with van der Waals surface area (Å²) >= 11 is 1.65. The first-order valence-corrected chi connectivity index (χ1v) is 8.77. The quantitative estimate of drug-likeness (QED) is 0.751. The molecule has 3 heterocycles. The van der Waals surface area contributed by atoms with Crippen molar-refractivity contribution >= 4 is 22.9 Å². The number of furan rings is 1. The minimum atomic E-state index is -0.304. The van der Waals surface area contributed by atoms with Gasteiger partial charge in [0.25, 0.3) is 5.91 Å². The Morgan fingerprint density at radius 2 is 2.04 bits per heavy atom. The van der Waals surface area contributed by atoms with Crippen molar-refractivity contribution in [3.05, 3.63) is 75.4 Å². The first kappa shape index (κ1) is 15.0. The van der Waals surface area contributed by atoms with Crippen molar-refractivity contribution in [3.8, 4) is 0 Å². The maximum Gasteiger partial charge on any atom is 0.258 e. The van der Waals surface area contributed by atoms with Crippen molar-refractivity contribution < 1.29 is 9.21 Å². The zero-order valence-corrected chi connectivity index (χ0v) is 14.4. The molecule has 0 radical (unpaired) electrons. The standard InChI is InChI=1S/C19H18N2O2S/c1-12-10-17(23-13(12)2)18-20-16-8-4-3-7-15(16)19(22)21(18)11-14-6-5-9-24-14/h3-10,18,20H,11H2,1-2H3. The summed E-state index contributed by atoms with van der Waals surface area (Å²) in [6, 6.07) is 13.7. The third-order valence-corrected chi connectivity index (χ3v) is 5.24. The smallest absolute Gasteiger partial charge is 0.258 e. The van der Waals surface area contributed by atoms with Gasteiger partial charge < -0.3 is 14.6 Å². The van der Waals surface area contributed by atoms with Crippen LogP contribution in [-0.4, -0.2) is 10.8 Å². The Hall–Kier alpha value is -2.53. The molecule has 5 heteroatoms. The van der Waals surface area contributed by atoms with Gasteiger partial charge in [0.05, 0.1) is 12.1 Å². The van der Waals surface area contributed by atoms with E-state index < -0.39 is 0 Å². The topological polar surface area (TPSA) is 45.5 Å². The van der Waals surface area contributed by atoms with Gasteiger partial charge in [0.2, 0.25) is 0 Å². The highest BCUT2D eigenvalue weighted by molar-refractivity contribution is 7.09. The Morgan fingerprint density at radius 3 is 2.75 bits per heavy atom. The molecule has 0 bridgehead atoms. The molecule has 0 aliphatic carbocycles. The second kappa shape index (κ2) is 5.83. The lowest BCUT2D eigenvalue weighted by atomic mass is 10.1. The van der Waals surface area contributed by atoms with Crippen LogP contribution in [0.3, 0.4) is 0 Å². The van der Waals surface area contributed by atoms with E-state index in [-0.39, 0.29) is 12.1 Å². The molecule has 0 saturated carbocycles. The predicted molar refractivity (Wildman–Crippen MR) is 95.2 cm³/mol. The number of carbonyl (C=O) groups is 1. The highest BCUT2D eigenvalue weighted by Gasteiger charge is 2.35. The van der Waals surface area contributed by atoms with Crippen LogP contribution in [0.5, 0.6) is 0 Å². The zero-order chi connectivity index (χ0) is 16.7. The molecule has 24 heavy (non-hydrogen) atoms. The fourth-order valence-electron chi connectivity index (χ4n) is 2.99. The molecule has 1 amide bonds. The van der Waals surface area contributed by atoms with E-state index in [1.165, 1.54) is 0 Å². The van der Waals surface area contributed by atoms with Crippen LogP contribution < -0.4 is 5.32 Å². The number of hydrogen-bond donors (Lipinski definition) is 1. The molecule has 1 aliphatic heterocycles. The molecular formula is C19H18N2O2S. The van der Waals surface area contributed by atoms with Crippen LogP contribution in [0.4, 0.5) is 5.69 Å². The van der Waals surface area contributed by atoms with E-state index >= 15 is 0 Å². The molecule has 4 rings (SSSR count). The van der Waals surface area contributed by atoms with Crippen LogP contribution in [-0.2, 0) is 6.54 Å². The number of nitrogens with one attached hydrogen (secondary N) is 1. The lowest BCUT2D eigenvalue weighted by molar-refractivity contribution is 0.0647.